The number of piperazine rings is 1. The van der Waals surface area contributed by atoms with Gasteiger partial charge in [-0.3, -0.25) is 0 Å². The van der Waals surface area contributed by atoms with Gasteiger partial charge in [0.15, 0.2) is 5.11 Å². The average Bonchev–Trinajstić information content (AvgIpc) is 2.47. The van der Waals surface area contributed by atoms with E-state index in [-0.39, 0.29) is 6.04 Å². The molecule has 122 valence electrons. The fourth-order valence-electron chi connectivity index (χ4n) is 2.23. The molecule has 0 bridgehead atoms. The molecule has 0 saturated carbocycles. The lowest BCUT2D eigenvalue weighted by molar-refractivity contribution is 0.263. The Kier molecular flexibility index (Phi) is 5.81. The second-order valence-electron chi connectivity index (χ2n) is 5.45. The third-order valence-corrected chi connectivity index (χ3v) is 6.21. The second-order valence-corrected chi connectivity index (χ2v) is 8.69. The smallest absolute Gasteiger partial charge is 0.243 e. The summed E-state index contributed by atoms with van der Waals surface area (Å²) in [4.78, 5) is 2.34. The van der Waals surface area contributed by atoms with Crippen molar-refractivity contribution in [3.05, 3.63) is 28.7 Å². The molecule has 1 heterocycles. The zero-order chi connectivity index (χ0) is 16.3. The van der Waals surface area contributed by atoms with Gasteiger partial charge in [-0.25, -0.2) is 8.42 Å². The van der Waals surface area contributed by atoms with E-state index in [1.54, 1.807) is 24.3 Å². The predicted octanol–water partition coefficient (Wildman–Crippen LogP) is 2.04. The van der Waals surface area contributed by atoms with Crippen LogP contribution in [0.5, 0.6) is 0 Å². The molecule has 1 aromatic rings. The lowest BCUT2D eigenvalue weighted by Crippen LogP contribution is -2.53. The summed E-state index contributed by atoms with van der Waals surface area (Å²) in [5.41, 5.74) is 0. The van der Waals surface area contributed by atoms with Gasteiger partial charge in [0.1, 0.15) is 0 Å². The number of nitrogens with zero attached hydrogens (tertiary/aromatic N) is 2. The van der Waals surface area contributed by atoms with Gasteiger partial charge in [-0.05, 0) is 50.3 Å². The number of nitrogens with one attached hydrogen (secondary N) is 1. The van der Waals surface area contributed by atoms with Crippen LogP contribution in [0.15, 0.2) is 33.6 Å². The first-order valence-corrected chi connectivity index (χ1v) is 9.76. The quantitative estimate of drug-likeness (QED) is 0.779. The highest BCUT2D eigenvalue weighted by Crippen LogP contribution is 2.20. The maximum atomic E-state index is 12.6. The molecule has 0 spiro atoms. The van der Waals surface area contributed by atoms with E-state index in [2.05, 4.69) is 21.2 Å². The topological polar surface area (TPSA) is 52.6 Å². The summed E-state index contributed by atoms with van der Waals surface area (Å²) >= 11 is 8.65. The molecule has 1 saturated heterocycles. The molecule has 8 heteroatoms. The molecule has 0 amide bonds. The van der Waals surface area contributed by atoms with Gasteiger partial charge in [-0.15, -0.1) is 0 Å². The zero-order valence-electron chi connectivity index (χ0n) is 12.6. The predicted molar refractivity (Wildman–Crippen MR) is 95.3 cm³/mol. The minimum Gasteiger partial charge on any atom is -0.360 e. The number of sulfonamides is 1. The van der Waals surface area contributed by atoms with Crippen LogP contribution >= 0.6 is 28.1 Å². The van der Waals surface area contributed by atoms with Crippen LogP contribution < -0.4 is 5.32 Å². The van der Waals surface area contributed by atoms with Crippen LogP contribution in [0.2, 0.25) is 0 Å². The summed E-state index contributed by atoms with van der Waals surface area (Å²) < 4.78 is 27.6. The molecular formula is C14H20BrN3O2S2. The van der Waals surface area contributed by atoms with E-state index in [1.165, 1.54) is 4.31 Å². The van der Waals surface area contributed by atoms with Crippen LogP contribution in [0.25, 0.3) is 0 Å². The van der Waals surface area contributed by atoms with Crippen molar-refractivity contribution in [2.24, 2.45) is 0 Å². The van der Waals surface area contributed by atoms with Crippen molar-refractivity contribution in [2.75, 3.05) is 26.2 Å². The molecule has 1 fully saturated rings. The normalized spacial score (nSPS) is 16.8. The van der Waals surface area contributed by atoms with Gasteiger partial charge in [-0.2, -0.15) is 4.31 Å². The molecule has 1 aliphatic heterocycles. The Bertz CT molecular complexity index is 624. The van der Waals surface area contributed by atoms with Crippen LogP contribution in [-0.4, -0.2) is 55.0 Å². The van der Waals surface area contributed by atoms with Crippen LogP contribution in [0.4, 0.5) is 0 Å². The fraction of sp³-hybridized carbons (Fsp3) is 0.500. The maximum Gasteiger partial charge on any atom is 0.243 e. The zero-order valence-corrected chi connectivity index (χ0v) is 15.8. The standard InChI is InChI=1S/C14H20BrN3O2S2/c1-11(2)16-14(21)17-7-9-18(10-8-17)22(19,20)13-5-3-12(15)4-6-13/h3-6,11H,7-10H2,1-2H3,(H,16,21). The van der Waals surface area contributed by atoms with Gasteiger partial charge in [-0.1, -0.05) is 15.9 Å². The van der Waals surface area contributed by atoms with Crippen LogP contribution in [0, 0.1) is 0 Å². The second kappa shape index (κ2) is 7.25. The summed E-state index contributed by atoms with van der Waals surface area (Å²) in [6.07, 6.45) is 0. The van der Waals surface area contributed by atoms with Gasteiger partial charge in [0.25, 0.3) is 0 Å². The molecule has 0 aliphatic carbocycles. The first-order valence-electron chi connectivity index (χ1n) is 7.12. The Hall–Kier alpha value is -0.700. The van der Waals surface area contributed by atoms with Crippen molar-refractivity contribution in [3.8, 4) is 0 Å². The van der Waals surface area contributed by atoms with Crippen molar-refractivity contribution in [1.29, 1.82) is 0 Å². The average molecular weight is 406 g/mol. The molecule has 22 heavy (non-hydrogen) atoms. The van der Waals surface area contributed by atoms with Crippen molar-refractivity contribution in [2.45, 2.75) is 24.8 Å². The molecule has 0 aromatic heterocycles. The molecule has 0 radical (unpaired) electrons. The molecule has 1 N–H and O–H groups in total. The molecule has 1 aromatic carbocycles. The van der Waals surface area contributed by atoms with Crippen LogP contribution in [-0.2, 0) is 10.0 Å². The van der Waals surface area contributed by atoms with Crippen molar-refractivity contribution in [1.82, 2.24) is 14.5 Å². The third-order valence-electron chi connectivity index (χ3n) is 3.39. The van der Waals surface area contributed by atoms with Crippen molar-refractivity contribution >= 4 is 43.3 Å². The Morgan fingerprint density at radius 3 is 2.23 bits per heavy atom. The Morgan fingerprint density at radius 2 is 1.73 bits per heavy atom. The van der Waals surface area contributed by atoms with Gasteiger partial charge in [0, 0.05) is 36.7 Å². The van der Waals surface area contributed by atoms with Crippen LogP contribution in [0.1, 0.15) is 13.8 Å². The lowest BCUT2D eigenvalue weighted by atomic mass is 10.3. The first kappa shape index (κ1) is 17.7. The number of hydrogen-bond acceptors (Lipinski definition) is 3. The van der Waals surface area contributed by atoms with Gasteiger partial charge in [0.2, 0.25) is 10.0 Å². The Morgan fingerprint density at radius 1 is 1.18 bits per heavy atom. The van der Waals surface area contributed by atoms with E-state index in [4.69, 9.17) is 12.2 Å². The van der Waals surface area contributed by atoms with Crippen LogP contribution in [0.3, 0.4) is 0 Å². The molecule has 2 rings (SSSR count). The fourth-order valence-corrected chi connectivity index (χ4v) is 4.33. The summed E-state index contributed by atoms with van der Waals surface area (Å²) in [5, 5.41) is 3.88. The first-order chi connectivity index (χ1) is 10.3. The van der Waals surface area contributed by atoms with E-state index in [0.29, 0.717) is 36.2 Å². The van der Waals surface area contributed by atoms with E-state index in [0.717, 1.165) is 4.47 Å². The maximum absolute atomic E-state index is 12.6. The number of halogens is 1. The van der Waals surface area contributed by atoms with Crippen molar-refractivity contribution in [3.63, 3.8) is 0 Å². The molecule has 0 unspecified atom stereocenters. The molecule has 5 nitrogen and oxygen atoms in total. The highest BCUT2D eigenvalue weighted by atomic mass is 79.9. The number of rotatable bonds is 3. The van der Waals surface area contributed by atoms with E-state index in [1.807, 2.05) is 18.7 Å². The van der Waals surface area contributed by atoms with E-state index < -0.39 is 10.0 Å². The van der Waals surface area contributed by atoms with Gasteiger partial charge < -0.3 is 10.2 Å². The number of hydrogen-bond donors (Lipinski definition) is 1. The summed E-state index contributed by atoms with van der Waals surface area (Å²) in [7, 11) is -3.43. The number of thiocarbonyl (C=S) groups is 1. The summed E-state index contributed by atoms with van der Waals surface area (Å²) in [6.45, 7) is 6.15. The Balaban J connectivity index is 2.01. The summed E-state index contributed by atoms with van der Waals surface area (Å²) in [6, 6.07) is 7.00. The van der Waals surface area contributed by atoms with Crippen molar-refractivity contribution < 1.29 is 8.42 Å². The highest BCUT2D eigenvalue weighted by Gasteiger charge is 2.29. The molecular weight excluding hydrogens is 386 g/mol. The molecule has 1 aliphatic rings. The third kappa shape index (κ3) is 4.18. The number of benzene rings is 1. The van der Waals surface area contributed by atoms with E-state index in [9.17, 15) is 8.42 Å². The Labute approximate surface area is 145 Å². The molecule has 0 atom stereocenters. The largest absolute Gasteiger partial charge is 0.360 e. The summed E-state index contributed by atoms with van der Waals surface area (Å²) in [5.74, 6) is 0. The SMILES string of the molecule is CC(C)NC(=S)N1CCN(S(=O)(=O)c2ccc(Br)cc2)CC1. The van der Waals surface area contributed by atoms with E-state index >= 15 is 0 Å². The lowest BCUT2D eigenvalue weighted by Gasteiger charge is -2.36. The highest BCUT2D eigenvalue weighted by molar-refractivity contribution is 9.10. The van der Waals surface area contributed by atoms with Gasteiger partial charge >= 0.3 is 0 Å². The van der Waals surface area contributed by atoms with Gasteiger partial charge in [0.05, 0.1) is 4.90 Å². The minimum atomic E-state index is -3.43. The minimum absolute atomic E-state index is 0.275. The monoisotopic (exact) mass is 405 g/mol.